The number of methoxy groups -OCH3 is 1. The van der Waals surface area contributed by atoms with Crippen LogP contribution in [0.2, 0.25) is 0 Å². The number of nitrogens with one attached hydrogen (secondary N) is 1. The van der Waals surface area contributed by atoms with E-state index in [-0.39, 0.29) is 12.5 Å². The minimum Gasteiger partial charge on any atom is -0.497 e. The van der Waals surface area contributed by atoms with Gasteiger partial charge >= 0.3 is 0 Å². The van der Waals surface area contributed by atoms with Crippen molar-refractivity contribution in [2.75, 3.05) is 13.7 Å². The standard InChI is InChI=1S/C17H25NO3/c1-12(2)9-16(19)18-11-17(20)8-4-5-13-10-14(21-3)6-7-15(13)17/h6-7,10,12,20H,4-5,8-9,11H2,1-3H3,(H,18,19). The minimum atomic E-state index is -0.966. The summed E-state index contributed by atoms with van der Waals surface area (Å²) in [6.45, 7) is 4.30. The van der Waals surface area contributed by atoms with Crippen LogP contribution in [0.3, 0.4) is 0 Å². The summed E-state index contributed by atoms with van der Waals surface area (Å²) in [4.78, 5) is 11.8. The van der Waals surface area contributed by atoms with Gasteiger partial charge in [-0.25, -0.2) is 0 Å². The molecule has 116 valence electrons. The van der Waals surface area contributed by atoms with Gasteiger partial charge in [0.15, 0.2) is 0 Å². The molecular formula is C17H25NO3. The molecule has 0 spiro atoms. The monoisotopic (exact) mass is 291 g/mol. The molecule has 0 saturated heterocycles. The zero-order valence-electron chi connectivity index (χ0n) is 13.1. The van der Waals surface area contributed by atoms with Gasteiger partial charge in [0.05, 0.1) is 13.7 Å². The average Bonchev–Trinajstić information content (AvgIpc) is 2.44. The Morgan fingerprint density at radius 3 is 2.90 bits per heavy atom. The molecule has 2 N–H and O–H groups in total. The summed E-state index contributed by atoms with van der Waals surface area (Å²) in [5, 5.41) is 13.8. The summed E-state index contributed by atoms with van der Waals surface area (Å²) in [6, 6.07) is 5.77. The first-order chi connectivity index (χ1) is 9.94. The molecule has 1 amide bonds. The summed E-state index contributed by atoms with van der Waals surface area (Å²) in [5.41, 5.74) is 1.06. The van der Waals surface area contributed by atoms with Crippen molar-refractivity contribution in [2.24, 2.45) is 5.92 Å². The molecule has 1 aromatic rings. The lowest BCUT2D eigenvalue weighted by Gasteiger charge is -2.35. The van der Waals surface area contributed by atoms with Crippen LogP contribution in [0.15, 0.2) is 18.2 Å². The van der Waals surface area contributed by atoms with E-state index in [4.69, 9.17) is 4.74 Å². The minimum absolute atomic E-state index is 0.000870. The van der Waals surface area contributed by atoms with Crippen LogP contribution in [0.25, 0.3) is 0 Å². The number of aliphatic hydroxyl groups is 1. The predicted molar refractivity (Wildman–Crippen MR) is 82.3 cm³/mol. The maximum absolute atomic E-state index is 11.8. The van der Waals surface area contributed by atoms with E-state index in [1.165, 1.54) is 0 Å². The molecule has 1 aliphatic carbocycles. The number of carbonyl (C=O) groups excluding carboxylic acids is 1. The highest BCUT2D eigenvalue weighted by Crippen LogP contribution is 2.36. The van der Waals surface area contributed by atoms with Crippen molar-refractivity contribution in [1.29, 1.82) is 0 Å². The number of hydrogen-bond donors (Lipinski definition) is 2. The fraction of sp³-hybridized carbons (Fsp3) is 0.588. The van der Waals surface area contributed by atoms with Gasteiger partial charge in [-0.3, -0.25) is 4.79 Å². The van der Waals surface area contributed by atoms with Gasteiger partial charge in [-0.05, 0) is 48.4 Å². The average molecular weight is 291 g/mol. The van der Waals surface area contributed by atoms with Gasteiger partial charge < -0.3 is 15.2 Å². The van der Waals surface area contributed by atoms with E-state index >= 15 is 0 Å². The molecule has 1 aromatic carbocycles. The van der Waals surface area contributed by atoms with Gasteiger partial charge in [-0.1, -0.05) is 19.9 Å². The number of ether oxygens (including phenoxy) is 1. The lowest BCUT2D eigenvalue weighted by atomic mass is 9.79. The molecule has 0 heterocycles. The lowest BCUT2D eigenvalue weighted by Crippen LogP contribution is -2.43. The Labute approximate surface area is 126 Å². The Balaban J connectivity index is 2.11. The van der Waals surface area contributed by atoms with Crippen molar-refractivity contribution in [3.63, 3.8) is 0 Å². The van der Waals surface area contributed by atoms with E-state index in [2.05, 4.69) is 5.32 Å². The van der Waals surface area contributed by atoms with Gasteiger partial charge in [0.2, 0.25) is 5.91 Å². The fourth-order valence-electron chi connectivity index (χ4n) is 2.94. The summed E-state index contributed by atoms with van der Waals surface area (Å²) in [5.74, 6) is 1.13. The van der Waals surface area contributed by atoms with Crippen LogP contribution in [0.5, 0.6) is 5.75 Å². The molecule has 0 radical (unpaired) electrons. The second-order valence-corrected chi connectivity index (χ2v) is 6.28. The molecule has 1 unspecified atom stereocenters. The van der Waals surface area contributed by atoms with E-state index in [0.29, 0.717) is 18.8 Å². The van der Waals surface area contributed by atoms with E-state index in [1.54, 1.807) is 7.11 Å². The third-order valence-corrected chi connectivity index (χ3v) is 4.02. The van der Waals surface area contributed by atoms with Crippen molar-refractivity contribution < 1.29 is 14.6 Å². The number of fused-ring (bicyclic) bond motifs is 1. The Morgan fingerprint density at radius 2 is 2.24 bits per heavy atom. The first-order valence-corrected chi connectivity index (χ1v) is 7.61. The third-order valence-electron chi connectivity index (χ3n) is 4.02. The van der Waals surface area contributed by atoms with Crippen LogP contribution < -0.4 is 10.1 Å². The summed E-state index contributed by atoms with van der Waals surface area (Å²) >= 11 is 0. The number of amides is 1. The molecule has 1 atom stereocenters. The van der Waals surface area contributed by atoms with Crippen molar-refractivity contribution in [2.45, 2.75) is 45.1 Å². The molecule has 4 nitrogen and oxygen atoms in total. The molecular weight excluding hydrogens is 266 g/mol. The van der Waals surface area contributed by atoms with E-state index in [9.17, 15) is 9.90 Å². The van der Waals surface area contributed by atoms with Crippen LogP contribution in [0.4, 0.5) is 0 Å². The normalized spacial score (nSPS) is 21.0. The van der Waals surface area contributed by atoms with Gasteiger partial charge in [0.25, 0.3) is 0 Å². The topological polar surface area (TPSA) is 58.6 Å². The van der Waals surface area contributed by atoms with Crippen molar-refractivity contribution >= 4 is 5.91 Å². The van der Waals surface area contributed by atoms with Crippen LogP contribution >= 0.6 is 0 Å². The Morgan fingerprint density at radius 1 is 1.48 bits per heavy atom. The number of carbonyl (C=O) groups is 1. The van der Waals surface area contributed by atoms with Crippen LogP contribution in [0.1, 0.15) is 44.2 Å². The second-order valence-electron chi connectivity index (χ2n) is 6.28. The highest BCUT2D eigenvalue weighted by Gasteiger charge is 2.34. The van der Waals surface area contributed by atoms with E-state index in [0.717, 1.165) is 29.7 Å². The molecule has 0 saturated carbocycles. The highest BCUT2D eigenvalue weighted by molar-refractivity contribution is 5.76. The number of rotatable bonds is 5. The van der Waals surface area contributed by atoms with Crippen molar-refractivity contribution in [1.82, 2.24) is 5.32 Å². The summed E-state index contributed by atoms with van der Waals surface area (Å²) < 4.78 is 5.24. The van der Waals surface area contributed by atoms with Gasteiger partial charge in [-0.15, -0.1) is 0 Å². The molecule has 0 aliphatic heterocycles. The largest absolute Gasteiger partial charge is 0.497 e. The van der Waals surface area contributed by atoms with Gasteiger partial charge in [0.1, 0.15) is 11.4 Å². The Hall–Kier alpha value is -1.55. The Kier molecular flexibility index (Phi) is 4.88. The zero-order valence-corrected chi connectivity index (χ0v) is 13.1. The van der Waals surface area contributed by atoms with Crippen molar-refractivity contribution in [3.05, 3.63) is 29.3 Å². The summed E-state index contributed by atoms with van der Waals surface area (Å²) in [7, 11) is 1.64. The first-order valence-electron chi connectivity index (χ1n) is 7.61. The summed E-state index contributed by atoms with van der Waals surface area (Å²) in [6.07, 6.45) is 3.02. The molecule has 0 bridgehead atoms. The molecule has 0 aromatic heterocycles. The molecule has 1 aliphatic rings. The van der Waals surface area contributed by atoms with E-state index in [1.807, 2.05) is 32.0 Å². The molecule has 2 rings (SSSR count). The van der Waals surface area contributed by atoms with E-state index < -0.39 is 5.60 Å². The zero-order chi connectivity index (χ0) is 15.5. The molecule has 0 fully saturated rings. The fourth-order valence-corrected chi connectivity index (χ4v) is 2.94. The Bertz CT molecular complexity index is 513. The van der Waals surface area contributed by atoms with Crippen LogP contribution in [0, 0.1) is 5.92 Å². The predicted octanol–water partition coefficient (Wildman–Crippen LogP) is 2.38. The van der Waals surface area contributed by atoms with Gasteiger partial charge in [0, 0.05) is 6.42 Å². The van der Waals surface area contributed by atoms with Gasteiger partial charge in [-0.2, -0.15) is 0 Å². The maximum Gasteiger partial charge on any atom is 0.220 e. The maximum atomic E-state index is 11.8. The third kappa shape index (κ3) is 3.76. The second kappa shape index (κ2) is 6.48. The molecule has 4 heteroatoms. The van der Waals surface area contributed by atoms with Crippen molar-refractivity contribution in [3.8, 4) is 5.75 Å². The van der Waals surface area contributed by atoms with Crippen LogP contribution in [-0.2, 0) is 16.8 Å². The quantitative estimate of drug-likeness (QED) is 0.875. The lowest BCUT2D eigenvalue weighted by molar-refractivity contribution is -0.123. The number of hydrogen-bond acceptors (Lipinski definition) is 3. The number of aryl methyl sites for hydroxylation is 1. The van der Waals surface area contributed by atoms with Crippen LogP contribution in [-0.4, -0.2) is 24.7 Å². The smallest absolute Gasteiger partial charge is 0.220 e. The highest BCUT2D eigenvalue weighted by atomic mass is 16.5. The number of benzene rings is 1. The first kappa shape index (κ1) is 15.8. The SMILES string of the molecule is COc1ccc2c(c1)CCCC2(O)CNC(=O)CC(C)C. The molecule has 21 heavy (non-hydrogen) atoms.